The van der Waals surface area contributed by atoms with Gasteiger partial charge in [-0.2, -0.15) is 0 Å². The highest BCUT2D eigenvalue weighted by atomic mass is 35.5. The van der Waals surface area contributed by atoms with Gasteiger partial charge >= 0.3 is 12.1 Å². The maximum Gasteiger partial charge on any atom is 0.410 e. The standard InChI is InChI=1S/C35H47ClN6O5/c1-35(37)13-20-39(21-14-35)26-9-15-40(16-10-26)32(44)31(23-24-6-7-30(43)28(36)22-24)47-34(46)41-17-11-27(12-18-41)42-19-8-25-4-2-3-5-29(25)38-33(42)45/h2-7,22,26-27,31,43H,8-21,23,37H2,1H3,(H,38,45). The van der Waals surface area contributed by atoms with E-state index in [0.717, 1.165) is 56.4 Å². The van der Waals surface area contributed by atoms with Gasteiger partial charge in [0.1, 0.15) is 5.75 Å². The number of anilines is 1. The van der Waals surface area contributed by atoms with Crippen LogP contribution in [0.2, 0.25) is 5.02 Å². The molecule has 4 aliphatic rings. The Balaban J connectivity index is 1.06. The van der Waals surface area contributed by atoms with E-state index < -0.39 is 12.2 Å². The van der Waals surface area contributed by atoms with Crippen molar-refractivity contribution in [3.8, 4) is 5.75 Å². The highest BCUT2D eigenvalue weighted by Crippen LogP contribution is 2.29. The molecule has 254 valence electrons. The number of carbonyl (C=O) groups excluding carboxylic acids is 3. The van der Waals surface area contributed by atoms with E-state index >= 15 is 0 Å². The van der Waals surface area contributed by atoms with Gasteiger partial charge in [-0.15, -0.1) is 0 Å². The molecule has 11 nitrogen and oxygen atoms in total. The number of benzene rings is 2. The van der Waals surface area contributed by atoms with Gasteiger partial charge in [-0.3, -0.25) is 4.79 Å². The summed E-state index contributed by atoms with van der Waals surface area (Å²) < 4.78 is 5.98. The third kappa shape index (κ3) is 7.96. The summed E-state index contributed by atoms with van der Waals surface area (Å²) in [5.74, 6) is -0.264. The van der Waals surface area contributed by atoms with Crippen LogP contribution in [-0.4, -0.2) is 112 Å². The number of nitrogens with zero attached hydrogens (tertiary/aromatic N) is 4. The van der Waals surface area contributed by atoms with E-state index in [1.165, 1.54) is 6.07 Å². The first-order chi connectivity index (χ1) is 22.6. The molecule has 2 aromatic rings. The number of hydrogen-bond donors (Lipinski definition) is 3. The van der Waals surface area contributed by atoms with E-state index in [4.69, 9.17) is 22.1 Å². The zero-order chi connectivity index (χ0) is 33.1. The van der Waals surface area contributed by atoms with Gasteiger partial charge in [0.25, 0.3) is 5.91 Å². The Bertz CT molecular complexity index is 1450. The molecule has 0 aromatic heterocycles. The minimum Gasteiger partial charge on any atom is -0.506 e. The van der Waals surface area contributed by atoms with E-state index in [2.05, 4.69) is 17.1 Å². The van der Waals surface area contributed by atoms with Crippen LogP contribution in [0.5, 0.6) is 5.75 Å². The van der Waals surface area contributed by atoms with Gasteiger partial charge in [-0.1, -0.05) is 35.9 Å². The topological polar surface area (TPSA) is 132 Å². The number of fused-ring (bicyclic) bond motifs is 1. The molecule has 0 radical (unpaired) electrons. The number of phenols is 1. The second-order valence-electron chi connectivity index (χ2n) is 13.9. The zero-order valence-corrected chi connectivity index (χ0v) is 28.0. The van der Waals surface area contributed by atoms with E-state index in [0.29, 0.717) is 57.2 Å². The lowest BCUT2D eigenvalue weighted by Gasteiger charge is -2.44. The molecule has 4 aliphatic heterocycles. The van der Waals surface area contributed by atoms with Gasteiger partial charge in [-0.05, 0) is 81.2 Å². The number of amides is 4. The Hall–Kier alpha value is -3.54. The summed E-state index contributed by atoms with van der Waals surface area (Å²) in [6.45, 7) is 6.72. The summed E-state index contributed by atoms with van der Waals surface area (Å²) in [6, 6.07) is 12.9. The lowest BCUT2D eigenvalue weighted by Crippen LogP contribution is -2.55. The molecule has 2 aromatic carbocycles. The van der Waals surface area contributed by atoms with Crippen molar-refractivity contribution < 1.29 is 24.2 Å². The number of aromatic hydroxyl groups is 1. The molecule has 4 amide bonds. The minimum atomic E-state index is -1.03. The number of likely N-dealkylation sites (tertiary alicyclic amines) is 3. The van der Waals surface area contributed by atoms with Crippen LogP contribution in [0.4, 0.5) is 15.3 Å². The van der Waals surface area contributed by atoms with Crippen LogP contribution in [0.15, 0.2) is 42.5 Å². The van der Waals surface area contributed by atoms with Crippen molar-refractivity contribution in [3.05, 3.63) is 58.6 Å². The van der Waals surface area contributed by atoms with E-state index in [1.54, 1.807) is 17.0 Å². The fraction of sp³-hybridized carbons (Fsp3) is 0.571. The van der Waals surface area contributed by atoms with Gasteiger partial charge in [0.2, 0.25) is 0 Å². The van der Waals surface area contributed by atoms with E-state index in [-0.39, 0.29) is 40.7 Å². The third-order valence-corrected chi connectivity index (χ3v) is 10.8. The second-order valence-corrected chi connectivity index (χ2v) is 14.3. The number of urea groups is 1. The van der Waals surface area contributed by atoms with Crippen LogP contribution >= 0.6 is 11.6 Å². The zero-order valence-electron chi connectivity index (χ0n) is 27.2. The van der Waals surface area contributed by atoms with Crippen LogP contribution in [0.25, 0.3) is 0 Å². The van der Waals surface area contributed by atoms with Gasteiger partial charge < -0.3 is 40.5 Å². The third-order valence-electron chi connectivity index (χ3n) is 10.5. The van der Waals surface area contributed by atoms with Crippen molar-refractivity contribution in [2.45, 2.75) is 82.0 Å². The van der Waals surface area contributed by atoms with Crippen LogP contribution < -0.4 is 11.1 Å². The summed E-state index contributed by atoms with van der Waals surface area (Å²) in [7, 11) is 0. The summed E-state index contributed by atoms with van der Waals surface area (Å²) in [5, 5.41) is 13.1. The number of carbonyl (C=O) groups is 3. The van der Waals surface area contributed by atoms with Crippen LogP contribution in [0.3, 0.4) is 0 Å². The smallest absolute Gasteiger partial charge is 0.410 e. The molecule has 1 unspecified atom stereocenters. The maximum atomic E-state index is 13.9. The number of phenolic OH excluding ortho intramolecular Hbond substituents is 1. The fourth-order valence-electron chi connectivity index (χ4n) is 7.42. The summed E-state index contributed by atoms with van der Waals surface area (Å²) in [6.07, 6.45) is 4.26. The number of nitrogens with one attached hydrogen (secondary N) is 1. The monoisotopic (exact) mass is 666 g/mol. The summed E-state index contributed by atoms with van der Waals surface area (Å²) >= 11 is 6.18. The first kappa shape index (κ1) is 33.4. The highest BCUT2D eigenvalue weighted by molar-refractivity contribution is 6.32. The average molecular weight is 667 g/mol. The molecule has 3 saturated heterocycles. The molecule has 3 fully saturated rings. The van der Waals surface area contributed by atoms with Crippen LogP contribution in [0.1, 0.15) is 56.6 Å². The molecular formula is C35H47ClN6O5. The van der Waals surface area contributed by atoms with E-state index in [1.807, 2.05) is 34.1 Å². The van der Waals surface area contributed by atoms with Gasteiger partial charge in [-0.25, -0.2) is 9.59 Å². The Morgan fingerprint density at radius 2 is 1.64 bits per heavy atom. The van der Waals surface area contributed by atoms with Crippen LogP contribution in [0, 0.1) is 0 Å². The first-order valence-electron chi connectivity index (χ1n) is 17.0. The number of rotatable bonds is 6. The number of hydrogen-bond acceptors (Lipinski definition) is 7. The Kier molecular flexibility index (Phi) is 10.1. The normalized spacial score (nSPS) is 21.9. The molecule has 4 heterocycles. The van der Waals surface area contributed by atoms with Gasteiger partial charge in [0.05, 0.1) is 5.02 Å². The quantitative estimate of drug-likeness (QED) is 0.415. The number of piperidine rings is 3. The summed E-state index contributed by atoms with van der Waals surface area (Å²) in [5.41, 5.74) is 8.89. The molecule has 0 bridgehead atoms. The lowest BCUT2D eigenvalue weighted by molar-refractivity contribution is -0.142. The number of para-hydroxylation sites is 1. The van der Waals surface area contributed by atoms with Crippen molar-refractivity contribution in [1.29, 1.82) is 0 Å². The Labute approximate surface area is 281 Å². The Morgan fingerprint density at radius 1 is 0.979 bits per heavy atom. The second kappa shape index (κ2) is 14.3. The van der Waals surface area contributed by atoms with Crippen molar-refractivity contribution in [2.75, 3.05) is 51.1 Å². The van der Waals surface area contributed by atoms with Crippen molar-refractivity contribution >= 4 is 35.3 Å². The molecular weight excluding hydrogens is 620 g/mol. The van der Waals surface area contributed by atoms with Crippen molar-refractivity contribution in [1.82, 2.24) is 19.6 Å². The minimum absolute atomic E-state index is 0.00438. The Morgan fingerprint density at radius 3 is 2.34 bits per heavy atom. The van der Waals surface area contributed by atoms with Crippen molar-refractivity contribution in [2.24, 2.45) is 5.73 Å². The van der Waals surface area contributed by atoms with Gasteiger partial charge in [0, 0.05) is 75.5 Å². The lowest BCUT2D eigenvalue weighted by atomic mass is 9.89. The molecule has 4 N–H and O–H groups in total. The highest BCUT2D eigenvalue weighted by Gasteiger charge is 2.37. The SMILES string of the molecule is CC1(N)CCN(C2CCN(C(=O)C(Cc3ccc(O)c(Cl)c3)OC(=O)N3CCC(N4CCc5ccccc5NC4=O)CC3)CC2)CC1. The molecule has 0 saturated carbocycles. The molecule has 47 heavy (non-hydrogen) atoms. The predicted octanol–water partition coefficient (Wildman–Crippen LogP) is 4.45. The van der Waals surface area contributed by atoms with Gasteiger partial charge in [0.15, 0.2) is 6.10 Å². The maximum absolute atomic E-state index is 13.9. The molecule has 0 aliphatic carbocycles. The summed E-state index contributed by atoms with van der Waals surface area (Å²) in [4.78, 5) is 48.3. The predicted molar refractivity (Wildman–Crippen MR) is 181 cm³/mol. The number of ether oxygens (including phenoxy) is 1. The van der Waals surface area contributed by atoms with Crippen molar-refractivity contribution in [3.63, 3.8) is 0 Å². The largest absolute Gasteiger partial charge is 0.506 e. The molecule has 6 rings (SSSR count). The van der Waals surface area contributed by atoms with Crippen LogP contribution in [-0.2, 0) is 22.4 Å². The molecule has 1 atom stereocenters. The number of nitrogens with two attached hydrogens (primary N) is 1. The number of halogens is 1. The average Bonchev–Trinajstić information content (AvgIpc) is 3.24. The van der Waals surface area contributed by atoms with E-state index in [9.17, 15) is 19.5 Å². The molecule has 12 heteroatoms. The first-order valence-corrected chi connectivity index (χ1v) is 17.3. The molecule has 0 spiro atoms. The fourth-order valence-corrected chi connectivity index (χ4v) is 7.62.